The van der Waals surface area contributed by atoms with Gasteiger partial charge in [0.25, 0.3) is 5.91 Å². The summed E-state index contributed by atoms with van der Waals surface area (Å²) in [6.45, 7) is 6.56. The number of nitrogens with one attached hydrogen (secondary N) is 3. The Morgan fingerprint density at radius 2 is 2.08 bits per heavy atom. The van der Waals surface area contributed by atoms with Crippen LogP contribution in [0.1, 0.15) is 45.6 Å². The number of aryl methyl sites for hydroxylation is 1. The Labute approximate surface area is 155 Å². The highest BCUT2D eigenvalue weighted by Gasteiger charge is 2.27. The zero-order chi connectivity index (χ0) is 18.2. The molecule has 1 aromatic carbocycles. The molecule has 0 heterocycles. The predicted octanol–water partition coefficient (Wildman–Crippen LogP) is 2.95. The molecule has 1 aliphatic carbocycles. The molecule has 6 heteroatoms. The van der Waals surface area contributed by atoms with Crippen LogP contribution in [0, 0.1) is 11.8 Å². The molecule has 0 aliphatic heterocycles. The summed E-state index contributed by atoms with van der Waals surface area (Å²) in [7, 11) is 0. The summed E-state index contributed by atoms with van der Waals surface area (Å²) in [5, 5.41) is 3.76. The Morgan fingerprint density at radius 1 is 1.28 bits per heavy atom. The van der Waals surface area contributed by atoms with Crippen LogP contribution in [0.15, 0.2) is 24.3 Å². The molecule has 1 amide bonds. The number of hydrazine groups is 1. The van der Waals surface area contributed by atoms with Crippen LogP contribution in [0.4, 0.5) is 0 Å². The maximum atomic E-state index is 11.9. The summed E-state index contributed by atoms with van der Waals surface area (Å²) in [5.74, 6) is 1.69. The third-order valence-electron chi connectivity index (χ3n) is 5.02. The second-order valence-electron chi connectivity index (χ2n) is 6.81. The summed E-state index contributed by atoms with van der Waals surface area (Å²) in [5.41, 5.74) is 6.52. The molecule has 1 aliphatic rings. The normalized spacial score (nSPS) is 22.8. The van der Waals surface area contributed by atoms with Crippen molar-refractivity contribution in [3.05, 3.63) is 29.8 Å². The van der Waals surface area contributed by atoms with Gasteiger partial charge in [-0.15, -0.1) is 0 Å². The Hall–Kier alpha value is -1.82. The van der Waals surface area contributed by atoms with Gasteiger partial charge in [-0.05, 0) is 54.6 Å². The first-order valence-electron chi connectivity index (χ1n) is 9.06. The van der Waals surface area contributed by atoms with Crippen LogP contribution in [0.5, 0.6) is 5.75 Å². The van der Waals surface area contributed by atoms with Crippen LogP contribution >= 0.6 is 12.2 Å². The minimum atomic E-state index is -0.267. The maximum Gasteiger partial charge on any atom is 0.276 e. The molecule has 0 aromatic heterocycles. The number of amides is 1. The molecule has 25 heavy (non-hydrogen) atoms. The molecule has 3 atom stereocenters. The van der Waals surface area contributed by atoms with Crippen molar-refractivity contribution in [3.63, 3.8) is 0 Å². The second-order valence-corrected chi connectivity index (χ2v) is 7.22. The van der Waals surface area contributed by atoms with E-state index in [4.69, 9.17) is 17.0 Å². The standard InChI is InChI=1S/C19H29N3O2S/c1-4-15-8-6-9-16(11-15)24-12-18(23)21-22-19(25)20-17-10-5-7-13(2)14(17)3/h6,8-9,11,13-14,17H,4-5,7,10,12H2,1-3H3,(H,21,23)(H2,20,22,25)/t13-,14+,17+/m1/s1. The van der Waals surface area contributed by atoms with Gasteiger partial charge in [0.15, 0.2) is 11.7 Å². The molecule has 1 aromatic rings. The fraction of sp³-hybridized carbons (Fsp3) is 0.579. The third-order valence-corrected chi connectivity index (χ3v) is 5.24. The third kappa shape index (κ3) is 6.20. The van der Waals surface area contributed by atoms with Crippen molar-refractivity contribution in [2.75, 3.05) is 6.61 Å². The Bertz CT molecular complexity index is 594. The van der Waals surface area contributed by atoms with Crippen molar-refractivity contribution in [3.8, 4) is 5.75 Å². The fourth-order valence-corrected chi connectivity index (χ4v) is 3.36. The Kier molecular flexibility index (Phi) is 7.50. The topological polar surface area (TPSA) is 62.4 Å². The molecule has 2 rings (SSSR count). The highest BCUT2D eigenvalue weighted by Crippen LogP contribution is 2.29. The van der Waals surface area contributed by atoms with Gasteiger partial charge < -0.3 is 10.1 Å². The highest BCUT2D eigenvalue weighted by atomic mass is 32.1. The van der Waals surface area contributed by atoms with E-state index < -0.39 is 0 Å². The smallest absolute Gasteiger partial charge is 0.276 e. The zero-order valence-electron chi connectivity index (χ0n) is 15.3. The van der Waals surface area contributed by atoms with Crippen LogP contribution in [-0.2, 0) is 11.2 Å². The van der Waals surface area contributed by atoms with Gasteiger partial charge in [-0.1, -0.05) is 45.7 Å². The van der Waals surface area contributed by atoms with Crippen LogP contribution < -0.4 is 20.9 Å². The van der Waals surface area contributed by atoms with Gasteiger partial charge in [-0.2, -0.15) is 0 Å². The number of hydrogen-bond acceptors (Lipinski definition) is 3. The van der Waals surface area contributed by atoms with E-state index in [9.17, 15) is 4.79 Å². The number of rotatable bonds is 5. The predicted molar refractivity (Wildman–Crippen MR) is 104 cm³/mol. The van der Waals surface area contributed by atoms with Crippen LogP contribution in [0.2, 0.25) is 0 Å². The van der Waals surface area contributed by atoms with Crippen LogP contribution in [0.25, 0.3) is 0 Å². The molecular weight excluding hydrogens is 334 g/mol. The molecule has 1 saturated carbocycles. The van der Waals surface area contributed by atoms with Gasteiger partial charge in [0.2, 0.25) is 0 Å². The van der Waals surface area contributed by atoms with Gasteiger partial charge in [0, 0.05) is 6.04 Å². The quantitative estimate of drug-likeness (QED) is 0.555. The SMILES string of the molecule is CCc1cccc(OCC(=O)NNC(=S)N[C@H]2CCC[C@@H](C)[C@@H]2C)c1. The molecule has 3 N–H and O–H groups in total. The van der Waals surface area contributed by atoms with Crippen molar-refractivity contribution in [2.24, 2.45) is 11.8 Å². The molecule has 0 bridgehead atoms. The number of thiocarbonyl (C=S) groups is 1. The van der Waals surface area contributed by atoms with E-state index in [-0.39, 0.29) is 12.5 Å². The summed E-state index contributed by atoms with van der Waals surface area (Å²) in [4.78, 5) is 11.9. The lowest BCUT2D eigenvalue weighted by atomic mass is 9.78. The number of benzene rings is 1. The van der Waals surface area contributed by atoms with Gasteiger partial charge in [-0.3, -0.25) is 15.6 Å². The zero-order valence-corrected chi connectivity index (χ0v) is 16.1. The molecule has 0 unspecified atom stereocenters. The average Bonchev–Trinajstić information content (AvgIpc) is 2.62. The lowest BCUT2D eigenvalue weighted by Crippen LogP contribution is -2.53. The monoisotopic (exact) mass is 363 g/mol. The Balaban J connectivity index is 1.69. The lowest BCUT2D eigenvalue weighted by molar-refractivity contribution is -0.123. The molecule has 138 valence electrons. The van der Waals surface area contributed by atoms with Gasteiger partial charge in [0.05, 0.1) is 0 Å². The summed E-state index contributed by atoms with van der Waals surface area (Å²) in [6.07, 6.45) is 4.52. The van der Waals surface area contributed by atoms with E-state index >= 15 is 0 Å². The Morgan fingerprint density at radius 3 is 2.84 bits per heavy atom. The van der Waals surface area contributed by atoms with Crippen LogP contribution in [0.3, 0.4) is 0 Å². The van der Waals surface area contributed by atoms with Crippen molar-refractivity contribution in [1.82, 2.24) is 16.2 Å². The average molecular weight is 364 g/mol. The van der Waals surface area contributed by atoms with E-state index in [2.05, 4.69) is 36.9 Å². The van der Waals surface area contributed by atoms with Gasteiger partial charge in [0.1, 0.15) is 5.75 Å². The summed E-state index contributed by atoms with van der Waals surface area (Å²) < 4.78 is 5.51. The van der Waals surface area contributed by atoms with Gasteiger partial charge >= 0.3 is 0 Å². The van der Waals surface area contributed by atoms with E-state index in [1.807, 2.05) is 24.3 Å². The molecule has 5 nitrogen and oxygen atoms in total. The molecule has 0 spiro atoms. The van der Waals surface area contributed by atoms with Crippen molar-refractivity contribution in [1.29, 1.82) is 0 Å². The van der Waals surface area contributed by atoms with E-state index in [1.165, 1.54) is 18.4 Å². The summed E-state index contributed by atoms with van der Waals surface area (Å²) in [6, 6.07) is 8.10. The highest BCUT2D eigenvalue weighted by molar-refractivity contribution is 7.80. The van der Waals surface area contributed by atoms with Gasteiger partial charge in [-0.25, -0.2) is 0 Å². The largest absolute Gasteiger partial charge is 0.484 e. The molecule has 0 radical (unpaired) electrons. The number of hydrogen-bond donors (Lipinski definition) is 3. The molecule has 0 saturated heterocycles. The maximum absolute atomic E-state index is 11.9. The minimum absolute atomic E-state index is 0.0559. The van der Waals surface area contributed by atoms with E-state index in [0.717, 1.165) is 12.8 Å². The number of carbonyl (C=O) groups is 1. The van der Waals surface area contributed by atoms with E-state index in [0.29, 0.717) is 28.7 Å². The molecular formula is C19H29N3O2S. The summed E-state index contributed by atoms with van der Waals surface area (Å²) >= 11 is 5.28. The van der Waals surface area contributed by atoms with Crippen molar-refractivity contribution >= 4 is 23.2 Å². The minimum Gasteiger partial charge on any atom is -0.484 e. The van der Waals surface area contributed by atoms with Crippen molar-refractivity contribution < 1.29 is 9.53 Å². The lowest BCUT2D eigenvalue weighted by Gasteiger charge is -2.35. The first kappa shape index (κ1) is 19.5. The second kappa shape index (κ2) is 9.61. The first-order chi connectivity index (χ1) is 12.0. The van der Waals surface area contributed by atoms with Crippen LogP contribution in [-0.4, -0.2) is 23.7 Å². The van der Waals surface area contributed by atoms with E-state index in [1.54, 1.807) is 0 Å². The number of carbonyl (C=O) groups excluding carboxylic acids is 1. The van der Waals surface area contributed by atoms with Crippen molar-refractivity contribution in [2.45, 2.75) is 52.5 Å². The number of ether oxygens (including phenoxy) is 1. The first-order valence-corrected chi connectivity index (χ1v) is 9.47. The fourth-order valence-electron chi connectivity index (χ4n) is 3.16. The molecule has 1 fully saturated rings.